The molecule has 3 nitrogen and oxygen atoms in total. The molecule has 1 aromatic rings. The van der Waals surface area contributed by atoms with Crippen molar-refractivity contribution in [3.8, 4) is 0 Å². The van der Waals surface area contributed by atoms with Crippen LogP contribution in [-0.2, 0) is 5.75 Å². The highest BCUT2D eigenvalue weighted by Crippen LogP contribution is 2.13. The van der Waals surface area contributed by atoms with Gasteiger partial charge in [-0.2, -0.15) is 11.8 Å². The van der Waals surface area contributed by atoms with Gasteiger partial charge in [0, 0.05) is 11.3 Å². The molecule has 0 aromatic heterocycles. The van der Waals surface area contributed by atoms with Gasteiger partial charge in [0.2, 0.25) is 0 Å². The Morgan fingerprint density at radius 3 is 3.00 bits per heavy atom. The SMILES string of the molecule is CCSCc1cccc(C(=O)NN)c1. The molecule has 0 aliphatic carbocycles. The first kappa shape index (κ1) is 11.1. The molecular weight excluding hydrogens is 196 g/mol. The number of nitrogens with one attached hydrogen (secondary N) is 1. The number of hydrogen-bond donors (Lipinski definition) is 2. The Bertz CT molecular complexity index is 315. The van der Waals surface area contributed by atoms with Gasteiger partial charge in [0.05, 0.1) is 0 Å². The van der Waals surface area contributed by atoms with Crippen molar-refractivity contribution in [3.05, 3.63) is 35.4 Å². The average Bonchev–Trinajstić information content (AvgIpc) is 2.25. The predicted octanol–water partition coefficient (Wildman–Crippen LogP) is 1.54. The van der Waals surface area contributed by atoms with E-state index in [4.69, 9.17) is 5.84 Å². The zero-order valence-electron chi connectivity index (χ0n) is 8.12. The van der Waals surface area contributed by atoms with E-state index >= 15 is 0 Å². The smallest absolute Gasteiger partial charge is 0.265 e. The lowest BCUT2D eigenvalue weighted by molar-refractivity contribution is 0.0953. The Morgan fingerprint density at radius 2 is 2.36 bits per heavy atom. The zero-order chi connectivity index (χ0) is 10.4. The van der Waals surface area contributed by atoms with Gasteiger partial charge in [-0.3, -0.25) is 10.2 Å². The van der Waals surface area contributed by atoms with E-state index in [2.05, 4.69) is 12.3 Å². The molecule has 0 fully saturated rings. The molecular formula is C10H14N2OS. The highest BCUT2D eigenvalue weighted by atomic mass is 32.2. The van der Waals surface area contributed by atoms with Crippen LogP contribution in [0, 0.1) is 0 Å². The van der Waals surface area contributed by atoms with Crippen LogP contribution >= 0.6 is 11.8 Å². The van der Waals surface area contributed by atoms with E-state index in [1.54, 1.807) is 6.07 Å². The van der Waals surface area contributed by atoms with Gasteiger partial charge in [-0.1, -0.05) is 19.1 Å². The number of hydrazine groups is 1. The molecule has 3 N–H and O–H groups in total. The van der Waals surface area contributed by atoms with Crippen molar-refractivity contribution in [1.82, 2.24) is 5.43 Å². The van der Waals surface area contributed by atoms with Crippen LogP contribution in [0.2, 0.25) is 0 Å². The van der Waals surface area contributed by atoms with Crippen molar-refractivity contribution in [3.63, 3.8) is 0 Å². The van der Waals surface area contributed by atoms with E-state index in [-0.39, 0.29) is 5.91 Å². The van der Waals surface area contributed by atoms with Crippen LogP contribution in [-0.4, -0.2) is 11.7 Å². The third kappa shape index (κ3) is 3.05. The Hall–Kier alpha value is -1.00. The molecule has 0 spiro atoms. The number of amides is 1. The molecule has 0 bridgehead atoms. The van der Waals surface area contributed by atoms with Crippen molar-refractivity contribution in [2.24, 2.45) is 5.84 Å². The summed E-state index contributed by atoms with van der Waals surface area (Å²) in [6, 6.07) is 7.50. The minimum Gasteiger partial charge on any atom is -0.290 e. The first-order chi connectivity index (χ1) is 6.77. The summed E-state index contributed by atoms with van der Waals surface area (Å²) in [4.78, 5) is 11.2. The molecule has 0 radical (unpaired) electrons. The van der Waals surface area contributed by atoms with E-state index in [0.717, 1.165) is 17.1 Å². The third-order valence-corrected chi connectivity index (χ3v) is 2.74. The summed E-state index contributed by atoms with van der Waals surface area (Å²) in [6.45, 7) is 2.11. The second kappa shape index (κ2) is 5.67. The molecule has 0 heterocycles. The fourth-order valence-corrected chi connectivity index (χ4v) is 1.72. The monoisotopic (exact) mass is 210 g/mol. The molecule has 1 amide bonds. The molecule has 0 aliphatic heterocycles. The highest BCUT2D eigenvalue weighted by molar-refractivity contribution is 7.98. The van der Waals surface area contributed by atoms with Gasteiger partial charge < -0.3 is 0 Å². The number of benzene rings is 1. The quantitative estimate of drug-likeness (QED) is 0.450. The summed E-state index contributed by atoms with van der Waals surface area (Å²) in [7, 11) is 0. The van der Waals surface area contributed by atoms with Crippen LogP contribution in [0.4, 0.5) is 0 Å². The molecule has 0 saturated carbocycles. The molecule has 14 heavy (non-hydrogen) atoms. The second-order valence-corrected chi connectivity index (χ2v) is 4.09. The van der Waals surface area contributed by atoms with Gasteiger partial charge in [-0.15, -0.1) is 0 Å². The van der Waals surface area contributed by atoms with Crippen molar-refractivity contribution in [2.75, 3.05) is 5.75 Å². The molecule has 76 valence electrons. The normalized spacial score (nSPS) is 9.86. The number of nitrogen functional groups attached to an aromatic ring is 1. The Kier molecular flexibility index (Phi) is 4.49. The van der Waals surface area contributed by atoms with Gasteiger partial charge in [0.1, 0.15) is 0 Å². The molecule has 0 saturated heterocycles. The Balaban J connectivity index is 2.73. The maximum Gasteiger partial charge on any atom is 0.265 e. The van der Waals surface area contributed by atoms with E-state index in [9.17, 15) is 4.79 Å². The number of carbonyl (C=O) groups is 1. The average molecular weight is 210 g/mol. The van der Waals surface area contributed by atoms with Crippen LogP contribution in [0.15, 0.2) is 24.3 Å². The number of carbonyl (C=O) groups excluding carboxylic acids is 1. The number of nitrogens with two attached hydrogens (primary N) is 1. The van der Waals surface area contributed by atoms with Crippen LogP contribution in [0.3, 0.4) is 0 Å². The summed E-state index contributed by atoms with van der Waals surface area (Å²) in [5.41, 5.74) is 3.88. The molecule has 1 rings (SSSR count). The second-order valence-electron chi connectivity index (χ2n) is 2.81. The number of thioether (sulfide) groups is 1. The predicted molar refractivity (Wildman–Crippen MR) is 59.9 cm³/mol. The molecule has 0 aliphatic rings. The topological polar surface area (TPSA) is 55.1 Å². The van der Waals surface area contributed by atoms with Crippen LogP contribution in [0.5, 0.6) is 0 Å². The summed E-state index contributed by atoms with van der Waals surface area (Å²) in [5.74, 6) is 6.82. The van der Waals surface area contributed by atoms with Crippen molar-refractivity contribution in [2.45, 2.75) is 12.7 Å². The summed E-state index contributed by atoms with van der Waals surface area (Å²) >= 11 is 1.83. The highest BCUT2D eigenvalue weighted by Gasteiger charge is 2.03. The molecule has 4 heteroatoms. The van der Waals surface area contributed by atoms with Crippen LogP contribution < -0.4 is 11.3 Å². The van der Waals surface area contributed by atoms with E-state index < -0.39 is 0 Å². The lowest BCUT2D eigenvalue weighted by Crippen LogP contribution is -2.29. The van der Waals surface area contributed by atoms with Gasteiger partial charge in [0.15, 0.2) is 0 Å². The number of hydrogen-bond acceptors (Lipinski definition) is 3. The van der Waals surface area contributed by atoms with E-state index in [1.165, 1.54) is 0 Å². The number of rotatable bonds is 4. The van der Waals surface area contributed by atoms with E-state index in [1.807, 2.05) is 30.0 Å². The molecule has 0 atom stereocenters. The fraction of sp³-hybridized carbons (Fsp3) is 0.300. The van der Waals surface area contributed by atoms with Gasteiger partial charge in [-0.05, 0) is 23.4 Å². The Labute approximate surface area is 88.0 Å². The van der Waals surface area contributed by atoms with E-state index in [0.29, 0.717) is 5.56 Å². The maximum atomic E-state index is 11.2. The van der Waals surface area contributed by atoms with Gasteiger partial charge in [-0.25, -0.2) is 5.84 Å². The molecule has 0 unspecified atom stereocenters. The van der Waals surface area contributed by atoms with Crippen molar-refractivity contribution >= 4 is 17.7 Å². The lowest BCUT2D eigenvalue weighted by Gasteiger charge is -2.03. The third-order valence-electron chi connectivity index (χ3n) is 1.79. The van der Waals surface area contributed by atoms with Gasteiger partial charge >= 0.3 is 0 Å². The summed E-state index contributed by atoms with van der Waals surface area (Å²) in [6.07, 6.45) is 0. The summed E-state index contributed by atoms with van der Waals surface area (Å²) < 4.78 is 0. The minimum atomic E-state index is -0.242. The lowest BCUT2D eigenvalue weighted by atomic mass is 10.1. The van der Waals surface area contributed by atoms with Crippen molar-refractivity contribution in [1.29, 1.82) is 0 Å². The largest absolute Gasteiger partial charge is 0.290 e. The minimum absolute atomic E-state index is 0.242. The van der Waals surface area contributed by atoms with Crippen LogP contribution in [0.25, 0.3) is 0 Å². The first-order valence-electron chi connectivity index (χ1n) is 4.45. The van der Waals surface area contributed by atoms with Crippen LogP contribution in [0.1, 0.15) is 22.8 Å². The molecule has 1 aromatic carbocycles. The first-order valence-corrected chi connectivity index (χ1v) is 5.61. The Morgan fingerprint density at radius 1 is 1.57 bits per heavy atom. The van der Waals surface area contributed by atoms with Gasteiger partial charge in [0.25, 0.3) is 5.91 Å². The van der Waals surface area contributed by atoms with Crippen molar-refractivity contribution < 1.29 is 4.79 Å². The summed E-state index contributed by atoms with van der Waals surface area (Å²) in [5, 5.41) is 0. The fourth-order valence-electron chi connectivity index (χ4n) is 1.11. The zero-order valence-corrected chi connectivity index (χ0v) is 8.93. The standard InChI is InChI=1S/C10H14N2OS/c1-2-14-7-8-4-3-5-9(6-8)10(13)12-11/h3-6H,2,7,11H2,1H3,(H,12,13). The maximum absolute atomic E-state index is 11.2.